The van der Waals surface area contributed by atoms with E-state index in [2.05, 4.69) is 15.5 Å². The minimum absolute atomic E-state index is 0.109. The molecular formula is C19H22N4O3S2. The molecule has 0 saturated heterocycles. The van der Waals surface area contributed by atoms with Crippen LogP contribution in [-0.2, 0) is 9.84 Å². The number of nitrogens with zero attached hydrogens (tertiary/aromatic N) is 2. The minimum Gasteiger partial charge on any atom is -0.397 e. The van der Waals surface area contributed by atoms with Crippen LogP contribution in [0.1, 0.15) is 40.3 Å². The monoisotopic (exact) mass is 418 g/mol. The summed E-state index contributed by atoms with van der Waals surface area (Å²) in [6, 6.07) is 7.04. The summed E-state index contributed by atoms with van der Waals surface area (Å²) < 4.78 is 23.2. The molecule has 1 saturated carbocycles. The first kappa shape index (κ1) is 19.3. The lowest BCUT2D eigenvalue weighted by atomic mass is 10.1. The first-order valence-corrected chi connectivity index (χ1v) is 11.6. The van der Waals surface area contributed by atoms with Gasteiger partial charge in [-0.25, -0.2) is 8.42 Å². The molecular weight excluding hydrogens is 396 g/mol. The number of aliphatic hydroxyl groups excluding tert-OH is 1. The summed E-state index contributed by atoms with van der Waals surface area (Å²) in [7, 11) is -3.20. The predicted octanol–water partition coefficient (Wildman–Crippen LogP) is 2.43. The Bertz CT molecular complexity index is 1160. The fourth-order valence-electron chi connectivity index (χ4n) is 3.45. The molecule has 3 aromatic rings. The Hall–Kier alpha value is -2.07. The van der Waals surface area contributed by atoms with E-state index >= 15 is 0 Å². The lowest BCUT2D eigenvalue weighted by molar-refractivity contribution is 0.140. The van der Waals surface area contributed by atoms with Crippen LogP contribution in [0.5, 0.6) is 0 Å². The lowest BCUT2D eigenvalue weighted by Gasteiger charge is -2.12. The Labute approximate surface area is 167 Å². The highest BCUT2D eigenvalue weighted by molar-refractivity contribution is 7.90. The number of fused-ring (bicyclic) bond motifs is 1. The summed E-state index contributed by atoms with van der Waals surface area (Å²) in [5.41, 5.74) is 9.70. The molecule has 0 radical (unpaired) electrons. The molecule has 1 aromatic carbocycles. The summed E-state index contributed by atoms with van der Waals surface area (Å²) in [6.45, 7) is 3.84. The number of anilines is 1. The number of aliphatic hydroxyl groups is 1. The largest absolute Gasteiger partial charge is 0.397 e. The molecule has 2 aromatic heterocycles. The highest BCUT2D eigenvalue weighted by Crippen LogP contribution is 2.44. The topological polar surface area (TPSA) is 118 Å². The van der Waals surface area contributed by atoms with Crippen molar-refractivity contribution >= 4 is 37.1 Å². The molecule has 0 bridgehead atoms. The van der Waals surface area contributed by atoms with Crippen molar-refractivity contribution < 1.29 is 13.5 Å². The van der Waals surface area contributed by atoms with Gasteiger partial charge in [-0.1, -0.05) is 12.1 Å². The first-order chi connectivity index (χ1) is 13.2. The van der Waals surface area contributed by atoms with Gasteiger partial charge in [0.2, 0.25) is 0 Å². The fraction of sp³-hybridized carbons (Fsp3) is 0.368. The van der Waals surface area contributed by atoms with Gasteiger partial charge in [-0.05, 0) is 43.5 Å². The van der Waals surface area contributed by atoms with E-state index in [1.165, 1.54) is 17.6 Å². The van der Waals surface area contributed by atoms with Crippen molar-refractivity contribution in [2.45, 2.75) is 43.4 Å². The number of hydrogen-bond donors (Lipinski definition) is 3. The molecule has 1 fully saturated rings. The molecule has 28 heavy (non-hydrogen) atoms. The van der Waals surface area contributed by atoms with Crippen LogP contribution < -0.4 is 11.1 Å². The number of sulfone groups is 1. The van der Waals surface area contributed by atoms with Crippen molar-refractivity contribution in [2.24, 2.45) is 0 Å². The molecule has 1 aliphatic carbocycles. The molecule has 4 rings (SSSR count). The Morgan fingerprint density at radius 1 is 1.25 bits per heavy atom. The maximum atomic E-state index is 11.6. The number of nitrogen functional groups attached to an aromatic ring is 1. The van der Waals surface area contributed by atoms with Crippen LogP contribution in [0.25, 0.3) is 10.2 Å². The number of aryl methyl sites for hydroxylation is 2. The van der Waals surface area contributed by atoms with Gasteiger partial charge in [0.05, 0.1) is 21.2 Å². The summed E-state index contributed by atoms with van der Waals surface area (Å²) in [6.07, 6.45) is 1.19. The molecule has 2 heterocycles. The molecule has 1 aliphatic rings. The molecule has 0 spiro atoms. The first-order valence-electron chi connectivity index (χ1n) is 8.92. The zero-order valence-electron chi connectivity index (χ0n) is 15.8. The van der Waals surface area contributed by atoms with Crippen LogP contribution in [0, 0.1) is 13.8 Å². The van der Waals surface area contributed by atoms with Gasteiger partial charge in [-0.2, -0.15) is 5.10 Å². The molecule has 3 atom stereocenters. The normalized spacial score (nSPS) is 20.4. The van der Waals surface area contributed by atoms with Gasteiger partial charge < -0.3 is 10.8 Å². The van der Waals surface area contributed by atoms with E-state index < -0.39 is 16.1 Å². The van der Waals surface area contributed by atoms with Gasteiger partial charge >= 0.3 is 0 Å². The highest BCUT2D eigenvalue weighted by atomic mass is 32.2. The van der Waals surface area contributed by atoms with Gasteiger partial charge in [0.15, 0.2) is 9.84 Å². The van der Waals surface area contributed by atoms with E-state index in [1.54, 1.807) is 12.1 Å². The molecule has 148 valence electrons. The summed E-state index contributed by atoms with van der Waals surface area (Å²) in [5.74, 6) is 0.239. The Morgan fingerprint density at radius 3 is 2.57 bits per heavy atom. The number of hydrogen-bond acceptors (Lipinski definition) is 8. The standard InChI is InChI=1S/C19H22N4O3S2/c1-9-10(2)22-23-19-15(9)16(20)17(27-19)18(24)21-14-8-13(14)11-4-6-12(7-5-11)28(3,25)26/h4-7,13-14,18,21,24H,8,20H2,1-3H3. The van der Waals surface area contributed by atoms with Gasteiger partial charge in [-0.3, -0.25) is 5.32 Å². The second kappa shape index (κ2) is 6.77. The molecule has 0 amide bonds. The number of nitrogens with one attached hydrogen (secondary N) is 1. The third kappa shape index (κ3) is 3.39. The summed E-state index contributed by atoms with van der Waals surface area (Å²) in [5, 5.41) is 23.1. The van der Waals surface area contributed by atoms with Crippen LogP contribution in [0.2, 0.25) is 0 Å². The average molecular weight is 419 g/mol. The fourth-order valence-corrected chi connectivity index (χ4v) is 5.13. The Morgan fingerprint density at radius 2 is 1.93 bits per heavy atom. The van der Waals surface area contributed by atoms with Crippen molar-refractivity contribution in [3.05, 3.63) is 46.0 Å². The summed E-state index contributed by atoms with van der Waals surface area (Å²) in [4.78, 5) is 1.68. The van der Waals surface area contributed by atoms with Gasteiger partial charge in [-0.15, -0.1) is 16.4 Å². The van der Waals surface area contributed by atoms with Crippen LogP contribution in [0.3, 0.4) is 0 Å². The van der Waals surface area contributed by atoms with Gasteiger partial charge in [0.25, 0.3) is 0 Å². The van der Waals surface area contributed by atoms with Crippen molar-refractivity contribution in [3.63, 3.8) is 0 Å². The lowest BCUT2D eigenvalue weighted by Crippen LogP contribution is -2.24. The third-order valence-electron chi connectivity index (χ3n) is 5.31. The highest BCUT2D eigenvalue weighted by Gasteiger charge is 2.40. The van der Waals surface area contributed by atoms with Crippen LogP contribution in [0.4, 0.5) is 5.69 Å². The van der Waals surface area contributed by atoms with Crippen molar-refractivity contribution in [1.29, 1.82) is 0 Å². The molecule has 0 aliphatic heterocycles. The van der Waals surface area contributed by atoms with Crippen molar-refractivity contribution in [1.82, 2.24) is 15.5 Å². The second-order valence-corrected chi connectivity index (χ2v) is 10.4. The smallest absolute Gasteiger partial charge is 0.175 e. The maximum Gasteiger partial charge on any atom is 0.175 e. The molecule has 3 unspecified atom stereocenters. The van der Waals surface area contributed by atoms with E-state index in [9.17, 15) is 13.5 Å². The van der Waals surface area contributed by atoms with Crippen LogP contribution >= 0.6 is 11.3 Å². The molecule has 9 heteroatoms. The van der Waals surface area contributed by atoms with E-state index in [0.29, 0.717) is 15.5 Å². The Balaban J connectivity index is 1.50. The second-order valence-electron chi connectivity index (χ2n) is 7.33. The van der Waals surface area contributed by atoms with E-state index in [0.717, 1.165) is 33.5 Å². The van der Waals surface area contributed by atoms with E-state index in [4.69, 9.17) is 5.73 Å². The number of thiophene rings is 1. The SMILES string of the molecule is Cc1nnc2sc(C(O)NC3CC3c3ccc(S(C)(=O)=O)cc3)c(N)c2c1C. The van der Waals surface area contributed by atoms with Gasteiger partial charge in [0, 0.05) is 23.6 Å². The number of aromatic nitrogens is 2. The number of rotatable bonds is 5. The average Bonchev–Trinajstić information content (AvgIpc) is 3.31. The molecule has 7 nitrogen and oxygen atoms in total. The zero-order valence-corrected chi connectivity index (χ0v) is 17.4. The van der Waals surface area contributed by atoms with Crippen molar-refractivity contribution in [2.75, 3.05) is 12.0 Å². The summed E-state index contributed by atoms with van der Waals surface area (Å²) >= 11 is 1.35. The van der Waals surface area contributed by atoms with Crippen LogP contribution in [-0.4, -0.2) is 36.0 Å². The zero-order chi connectivity index (χ0) is 20.2. The van der Waals surface area contributed by atoms with E-state index in [-0.39, 0.29) is 12.0 Å². The predicted molar refractivity (Wildman–Crippen MR) is 110 cm³/mol. The quantitative estimate of drug-likeness (QED) is 0.545. The number of nitrogens with two attached hydrogens (primary N) is 1. The third-order valence-corrected chi connectivity index (χ3v) is 7.58. The van der Waals surface area contributed by atoms with Crippen LogP contribution in [0.15, 0.2) is 29.2 Å². The minimum atomic E-state index is -3.20. The van der Waals surface area contributed by atoms with Crippen molar-refractivity contribution in [3.8, 4) is 0 Å². The number of benzene rings is 1. The Kier molecular flexibility index (Phi) is 4.65. The van der Waals surface area contributed by atoms with E-state index in [1.807, 2.05) is 26.0 Å². The molecule has 4 N–H and O–H groups in total. The van der Waals surface area contributed by atoms with Gasteiger partial charge in [0.1, 0.15) is 11.1 Å². The maximum absolute atomic E-state index is 11.6.